The van der Waals surface area contributed by atoms with Crippen LogP contribution in [0, 0.1) is 11.8 Å². The number of fused-ring (bicyclic) bond motifs is 1. The third kappa shape index (κ3) is 4.44. The third-order valence-corrected chi connectivity index (χ3v) is 4.32. The van der Waals surface area contributed by atoms with Crippen molar-refractivity contribution < 1.29 is 4.79 Å². The van der Waals surface area contributed by atoms with Crippen LogP contribution in [0.25, 0.3) is 10.8 Å². The molecule has 134 valence electrons. The van der Waals surface area contributed by atoms with E-state index in [1.807, 2.05) is 66.7 Å². The van der Waals surface area contributed by atoms with E-state index in [4.69, 9.17) is 0 Å². The summed E-state index contributed by atoms with van der Waals surface area (Å²) in [5.41, 5.74) is 3.27. The normalized spacial score (nSPS) is 10.1. The molecule has 0 radical (unpaired) electrons. The first kappa shape index (κ1) is 17.5. The van der Waals surface area contributed by atoms with E-state index < -0.39 is 0 Å². The van der Waals surface area contributed by atoms with Crippen molar-refractivity contribution in [1.82, 2.24) is 4.98 Å². The highest BCUT2D eigenvalue weighted by molar-refractivity contribution is 5.93. The minimum absolute atomic E-state index is 0.0508. The van der Waals surface area contributed by atoms with E-state index in [9.17, 15) is 4.79 Å². The highest BCUT2D eigenvalue weighted by Crippen LogP contribution is 2.17. The molecular formula is C25H18N2O. The van der Waals surface area contributed by atoms with Crippen LogP contribution >= 0.6 is 0 Å². The molecule has 0 saturated carbocycles. The van der Waals surface area contributed by atoms with Crippen molar-refractivity contribution >= 4 is 22.4 Å². The fourth-order valence-electron chi connectivity index (χ4n) is 2.99. The van der Waals surface area contributed by atoms with E-state index in [2.05, 4.69) is 40.3 Å². The van der Waals surface area contributed by atoms with E-state index in [1.54, 1.807) is 6.20 Å². The summed E-state index contributed by atoms with van der Waals surface area (Å²) in [5, 5.41) is 5.27. The average Bonchev–Trinajstić information content (AvgIpc) is 2.73. The second-order valence-corrected chi connectivity index (χ2v) is 6.45. The van der Waals surface area contributed by atoms with Crippen LogP contribution in [0.3, 0.4) is 0 Å². The molecule has 3 nitrogen and oxygen atoms in total. The highest BCUT2D eigenvalue weighted by Gasteiger charge is 2.05. The number of aromatic nitrogens is 1. The maximum atomic E-state index is 12.5. The number of anilines is 1. The van der Waals surface area contributed by atoms with Crippen LogP contribution in [0.2, 0.25) is 0 Å². The monoisotopic (exact) mass is 362 g/mol. The van der Waals surface area contributed by atoms with Gasteiger partial charge in [-0.2, -0.15) is 0 Å². The summed E-state index contributed by atoms with van der Waals surface area (Å²) in [6.45, 7) is 0. The third-order valence-electron chi connectivity index (χ3n) is 4.32. The maximum Gasteiger partial charge on any atom is 0.228 e. The van der Waals surface area contributed by atoms with Gasteiger partial charge in [-0.05, 0) is 52.6 Å². The fourth-order valence-corrected chi connectivity index (χ4v) is 2.99. The summed E-state index contributed by atoms with van der Waals surface area (Å²) < 4.78 is 0. The molecule has 1 aromatic heterocycles. The Hall–Kier alpha value is -3.90. The molecule has 0 atom stereocenters. The molecule has 0 bridgehead atoms. The molecule has 3 aromatic carbocycles. The lowest BCUT2D eigenvalue weighted by Crippen LogP contribution is -2.14. The molecule has 0 aliphatic heterocycles. The molecule has 0 aliphatic rings. The Morgan fingerprint density at radius 3 is 2.54 bits per heavy atom. The second kappa shape index (κ2) is 8.20. The van der Waals surface area contributed by atoms with Gasteiger partial charge in [0, 0.05) is 17.4 Å². The summed E-state index contributed by atoms with van der Waals surface area (Å²) in [6.07, 6.45) is 2.04. The quantitative estimate of drug-likeness (QED) is 0.531. The standard InChI is InChI=1S/C25H18N2O/c28-25(18-20-11-13-21-7-1-2-8-22(21)16-20)27-24-10-5-6-19(17-24)12-14-23-9-3-4-15-26-23/h1-11,13,15-17H,18H2,(H,27,28). The first-order chi connectivity index (χ1) is 13.8. The first-order valence-electron chi connectivity index (χ1n) is 9.07. The maximum absolute atomic E-state index is 12.5. The van der Waals surface area contributed by atoms with Gasteiger partial charge in [0.25, 0.3) is 0 Å². The van der Waals surface area contributed by atoms with Crippen molar-refractivity contribution in [3.8, 4) is 11.8 Å². The Labute approximate surface area is 164 Å². The van der Waals surface area contributed by atoms with Gasteiger partial charge in [0.15, 0.2) is 0 Å². The fraction of sp³-hybridized carbons (Fsp3) is 0.0400. The number of nitrogens with zero attached hydrogens (tertiary/aromatic N) is 1. The lowest BCUT2D eigenvalue weighted by molar-refractivity contribution is -0.115. The first-order valence-corrected chi connectivity index (χ1v) is 9.07. The van der Waals surface area contributed by atoms with E-state index in [0.29, 0.717) is 12.1 Å². The molecule has 0 unspecified atom stereocenters. The van der Waals surface area contributed by atoms with Gasteiger partial charge in [0.05, 0.1) is 6.42 Å². The number of carbonyl (C=O) groups excluding carboxylic acids is 1. The van der Waals surface area contributed by atoms with Gasteiger partial charge in [0.1, 0.15) is 5.69 Å². The van der Waals surface area contributed by atoms with E-state index in [-0.39, 0.29) is 5.91 Å². The Morgan fingerprint density at radius 1 is 0.821 bits per heavy atom. The Morgan fingerprint density at radius 2 is 1.68 bits per heavy atom. The van der Waals surface area contributed by atoms with E-state index in [1.165, 1.54) is 5.39 Å². The minimum Gasteiger partial charge on any atom is -0.326 e. The molecule has 0 spiro atoms. The van der Waals surface area contributed by atoms with Crippen LogP contribution in [0.1, 0.15) is 16.8 Å². The number of pyridine rings is 1. The number of nitrogens with one attached hydrogen (secondary N) is 1. The van der Waals surface area contributed by atoms with Crippen LogP contribution in [-0.2, 0) is 11.2 Å². The molecule has 3 heteroatoms. The van der Waals surface area contributed by atoms with Gasteiger partial charge >= 0.3 is 0 Å². The van der Waals surface area contributed by atoms with E-state index >= 15 is 0 Å². The second-order valence-electron chi connectivity index (χ2n) is 6.45. The number of hydrogen-bond acceptors (Lipinski definition) is 2. The van der Waals surface area contributed by atoms with Gasteiger partial charge < -0.3 is 5.32 Å². The summed E-state index contributed by atoms with van der Waals surface area (Å²) >= 11 is 0. The zero-order valence-electron chi connectivity index (χ0n) is 15.2. The minimum atomic E-state index is -0.0508. The number of amides is 1. The molecule has 4 aromatic rings. The summed E-state index contributed by atoms with van der Waals surface area (Å²) in [4.78, 5) is 16.6. The smallest absolute Gasteiger partial charge is 0.228 e. The lowest BCUT2D eigenvalue weighted by atomic mass is 10.0. The zero-order chi connectivity index (χ0) is 19.2. The molecule has 1 amide bonds. The van der Waals surface area contributed by atoms with Crippen LogP contribution in [0.4, 0.5) is 5.69 Å². The zero-order valence-corrected chi connectivity index (χ0v) is 15.2. The van der Waals surface area contributed by atoms with Crippen LogP contribution < -0.4 is 5.32 Å². The molecule has 4 rings (SSSR count). The van der Waals surface area contributed by atoms with Gasteiger partial charge in [-0.25, -0.2) is 4.98 Å². The lowest BCUT2D eigenvalue weighted by Gasteiger charge is -2.07. The predicted molar refractivity (Wildman–Crippen MR) is 113 cm³/mol. The van der Waals surface area contributed by atoms with Crippen LogP contribution in [0.5, 0.6) is 0 Å². The molecule has 1 heterocycles. The van der Waals surface area contributed by atoms with Gasteiger partial charge in [-0.15, -0.1) is 0 Å². The number of carbonyl (C=O) groups is 1. The predicted octanol–water partition coefficient (Wildman–Crippen LogP) is 4.82. The largest absolute Gasteiger partial charge is 0.326 e. The van der Waals surface area contributed by atoms with Crippen molar-refractivity contribution in [3.63, 3.8) is 0 Å². The SMILES string of the molecule is O=C(Cc1ccc2ccccc2c1)Nc1cccc(C#Cc2ccccn2)c1. The van der Waals surface area contributed by atoms with Crippen molar-refractivity contribution in [1.29, 1.82) is 0 Å². The molecular weight excluding hydrogens is 344 g/mol. The Balaban J connectivity index is 1.45. The summed E-state index contributed by atoms with van der Waals surface area (Å²) in [6, 6.07) is 27.4. The number of rotatable bonds is 3. The van der Waals surface area contributed by atoms with Gasteiger partial charge in [-0.1, -0.05) is 60.5 Å². The van der Waals surface area contributed by atoms with Gasteiger partial charge in [-0.3, -0.25) is 4.79 Å². The van der Waals surface area contributed by atoms with Crippen molar-refractivity contribution in [2.24, 2.45) is 0 Å². The molecule has 0 saturated heterocycles. The Bertz CT molecular complexity index is 1190. The topological polar surface area (TPSA) is 42.0 Å². The summed E-state index contributed by atoms with van der Waals surface area (Å²) in [7, 11) is 0. The molecule has 1 N–H and O–H groups in total. The molecule has 0 aliphatic carbocycles. The molecule has 0 fully saturated rings. The number of benzene rings is 3. The highest BCUT2D eigenvalue weighted by atomic mass is 16.1. The van der Waals surface area contributed by atoms with Crippen molar-refractivity contribution in [3.05, 3.63) is 108 Å². The average molecular weight is 362 g/mol. The summed E-state index contributed by atoms with van der Waals surface area (Å²) in [5.74, 6) is 6.05. The van der Waals surface area contributed by atoms with Crippen molar-refractivity contribution in [2.45, 2.75) is 6.42 Å². The van der Waals surface area contributed by atoms with Gasteiger partial charge in [0.2, 0.25) is 5.91 Å². The molecule has 28 heavy (non-hydrogen) atoms. The van der Waals surface area contributed by atoms with Crippen LogP contribution in [-0.4, -0.2) is 10.9 Å². The van der Waals surface area contributed by atoms with E-state index in [0.717, 1.165) is 22.2 Å². The Kier molecular flexibility index (Phi) is 5.13. The van der Waals surface area contributed by atoms with Crippen molar-refractivity contribution in [2.75, 3.05) is 5.32 Å². The number of hydrogen-bond donors (Lipinski definition) is 1. The van der Waals surface area contributed by atoms with Crippen LogP contribution in [0.15, 0.2) is 91.1 Å².